The average Bonchev–Trinajstić information content (AvgIpc) is 2.55. The van der Waals surface area contributed by atoms with E-state index in [2.05, 4.69) is 47.5 Å². The fourth-order valence-corrected chi connectivity index (χ4v) is 3.79. The zero-order chi connectivity index (χ0) is 14.5. The standard InChI is InChI=1S/C18H28N2O/c1-15-13-17(19-14-16-5-3-2-4-6-16)7-10-20(15)18-8-11-21-12-9-18/h2-6,15,17-19H,7-14H2,1H3/t15-,17?/m1/s1. The number of ether oxygens (including phenoxy) is 1. The van der Waals surface area contributed by atoms with Crippen LogP contribution in [0.15, 0.2) is 30.3 Å². The van der Waals surface area contributed by atoms with Crippen LogP contribution in [0.25, 0.3) is 0 Å². The molecular weight excluding hydrogens is 260 g/mol. The zero-order valence-corrected chi connectivity index (χ0v) is 13.1. The van der Waals surface area contributed by atoms with Gasteiger partial charge in [0.25, 0.3) is 0 Å². The van der Waals surface area contributed by atoms with E-state index in [4.69, 9.17) is 4.74 Å². The van der Waals surface area contributed by atoms with Crippen LogP contribution in [-0.2, 0) is 11.3 Å². The molecule has 1 unspecified atom stereocenters. The van der Waals surface area contributed by atoms with E-state index in [0.717, 1.165) is 25.8 Å². The van der Waals surface area contributed by atoms with E-state index in [1.165, 1.54) is 37.8 Å². The van der Waals surface area contributed by atoms with Crippen LogP contribution in [0, 0.1) is 0 Å². The summed E-state index contributed by atoms with van der Waals surface area (Å²) < 4.78 is 5.50. The molecule has 2 fully saturated rings. The van der Waals surface area contributed by atoms with Crippen molar-refractivity contribution >= 4 is 0 Å². The number of likely N-dealkylation sites (tertiary alicyclic amines) is 1. The summed E-state index contributed by atoms with van der Waals surface area (Å²) in [5, 5.41) is 3.74. The summed E-state index contributed by atoms with van der Waals surface area (Å²) in [6, 6.07) is 12.8. The molecule has 1 N–H and O–H groups in total. The normalized spacial score (nSPS) is 28.6. The minimum atomic E-state index is 0.663. The van der Waals surface area contributed by atoms with Gasteiger partial charge in [-0.25, -0.2) is 0 Å². The second-order valence-corrected chi connectivity index (χ2v) is 6.52. The third kappa shape index (κ3) is 4.06. The van der Waals surface area contributed by atoms with E-state index in [-0.39, 0.29) is 0 Å². The van der Waals surface area contributed by atoms with Gasteiger partial charge in [-0.15, -0.1) is 0 Å². The molecule has 0 radical (unpaired) electrons. The lowest BCUT2D eigenvalue weighted by Gasteiger charge is -2.44. The monoisotopic (exact) mass is 288 g/mol. The molecule has 2 atom stereocenters. The maximum Gasteiger partial charge on any atom is 0.0480 e. The van der Waals surface area contributed by atoms with E-state index in [9.17, 15) is 0 Å². The molecule has 2 heterocycles. The fourth-order valence-electron chi connectivity index (χ4n) is 3.79. The lowest BCUT2D eigenvalue weighted by Crippen LogP contribution is -2.52. The maximum atomic E-state index is 5.50. The van der Waals surface area contributed by atoms with Gasteiger partial charge in [-0.2, -0.15) is 0 Å². The summed E-state index contributed by atoms with van der Waals surface area (Å²) in [5.41, 5.74) is 1.39. The first kappa shape index (κ1) is 15.0. The molecule has 1 aromatic rings. The molecule has 2 aliphatic rings. The first-order valence-electron chi connectivity index (χ1n) is 8.44. The van der Waals surface area contributed by atoms with Crippen LogP contribution in [-0.4, -0.2) is 42.8 Å². The number of piperidine rings is 1. The Bertz CT molecular complexity index is 416. The van der Waals surface area contributed by atoms with Crippen LogP contribution in [0.1, 0.15) is 38.2 Å². The molecule has 0 amide bonds. The van der Waals surface area contributed by atoms with E-state index in [1.54, 1.807) is 0 Å². The number of hydrogen-bond donors (Lipinski definition) is 1. The highest BCUT2D eigenvalue weighted by Gasteiger charge is 2.30. The van der Waals surface area contributed by atoms with Gasteiger partial charge in [0, 0.05) is 44.4 Å². The van der Waals surface area contributed by atoms with Gasteiger partial charge in [-0.1, -0.05) is 30.3 Å². The van der Waals surface area contributed by atoms with Crippen LogP contribution in [0.3, 0.4) is 0 Å². The van der Waals surface area contributed by atoms with E-state index < -0.39 is 0 Å². The Hall–Kier alpha value is -0.900. The summed E-state index contributed by atoms with van der Waals surface area (Å²) in [7, 11) is 0. The van der Waals surface area contributed by atoms with Gasteiger partial charge in [0.05, 0.1) is 0 Å². The third-order valence-corrected chi connectivity index (χ3v) is 5.03. The Morgan fingerprint density at radius 1 is 1.14 bits per heavy atom. The molecule has 3 nitrogen and oxygen atoms in total. The first-order chi connectivity index (χ1) is 10.3. The molecule has 0 aromatic heterocycles. The number of nitrogens with zero attached hydrogens (tertiary/aromatic N) is 1. The molecule has 0 saturated carbocycles. The van der Waals surface area contributed by atoms with Crippen LogP contribution in [0.5, 0.6) is 0 Å². The van der Waals surface area contributed by atoms with Crippen molar-refractivity contribution in [3.8, 4) is 0 Å². The summed E-state index contributed by atoms with van der Waals surface area (Å²) >= 11 is 0. The Balaban J connectivity index is 1.46. The number of benzene rings is 1. The largest absolute Gasteiger partial charge is 0.381 e. The topological polar surface area (TPSA) is 24.5 Å². The van der Waals surface area contributed by atoms with Gasteiger partial charge in [-0.05, 0) is 38.2 Å². The van der Waals surface area contributed by atoms with Crippen molar-refractivity contribution in [2.24, 2.45) is 0 Å². The Kier molecular flexibility index (Phi) is 5.28. The Morgan fingerprint density at radius 2 is 1.90 bits per heavy atom. The molecule has 2 aliphatic heterocycles. The van der Waals surface area contributed by atoms with Crippen LogP contribution >= 0.6 is 0 Å². The highest BCUT2D eigenvalue weighted by molar-refractivity contribution is 5.14. The quantitative estimate of drug-likeness (QED) is 0.922. The molecule has 3 rings (SSSR count). The highest BCUT2D eigenvalue weighted by Crippen LogP contribution is 2.24. The average molecular weight is 288 g/mol. The van der Waals surface area contributed by atoms with Crippen molar-refractivity contribution in [1.29, 1.82) is 0 Å². The lowest BCUT2D eigenvalue weighted by molar-refractivity contribution is 0.00367. The van der Waals surface area contributed by atoms with Gasteiger partial charge in [0.1, 0.15) is 0 Å². The van der Waals surface area contributed by atoms with Crippen LogP contribution in [0.4, 0.5) is 0 Å². The second kappa shape index (κ2) is 7.39. The summed E-state index contributed by atoms with van der Waals surface area (Å²) in [4.78, 5) is 2.73. The molecule has 2 saturated heterocycles. The van der Waals surface area contributed by atoms with Crippen LogP contribution in [0.2, 0.25) is 0 Å². The van der Waals surface area contributed by atoms with Crippen molar-refractivity contribution in [3.05, 3.63) is 35.9 Å². The van der Waals surface area contributed by atoms with Crippen molar-refractivity contribution < 1.29 is 4.74 Å². The molecule has 0 spiro atoms. The summed E-state index contributed by atoms with van der Waals surface area (Å²) in [6.45, 7) is 6.52. The smallest absolute Gasteiger partial charge is 0.0480 e. The molecule has 0 aliphatic carbocycles. The van der Waals surface area contributed by atoms with Crippen molar-refractivity contribution in [1.82, 2.24) is 10.2 Å². The minimum Gasteiger partial charge on any atom is -0.381 e. The van der Waals surface area contributed by atoms with E-state index in [1.807, 2.05) is 0 Å². The third-order valence-electron chi connectivity index (χ3n) is 5.03. The number of nitrogens with one attached hydrogen (secondary N) is 1. The predicted octanol–water partition coefficient (Wildman–Crippen LogP) is 2.81. The number of hydrogen-bond acceptors (Lipinski definition) is 3. The van der Waals surface area contributed by atoms with Crippen molar-refractivity contribution in [2.45, 2.75) is 57.3 Å². The van der Waals surface area contributed by atoms with Crippen molar-refractivity contribution in [2.75, 3.05) is 19.8 Å². The van der Waals surface area contributed by atoms with Crippen LogP contribution < -0.4 is 5.32 Å². The Labute approximate surface area is 128 Å². The van der Waals surface area contributed by atoms with Gasteiger partial charge in [-0.3, -0.25) is 4.90 Å². The zero-order valence-electron chi connectivity index (χ0n) is 13.1. The highest BCUT2D eigenvalue weighted by atomic mass is 16.5. The van der Waals surface area contributed by atoms with E-state index in [0.29, 0.717) is 12.1 Å². The molecule has 0 bridgehead atoms. The van der Waals surface area contributed by atoms with Gasteiger partial charge in [0.15, 0.2) is 0 Å². The lowest BCUT2D eigenvalue weighted by atomic mass is 9.94. The minimum absolute atomic E-state index is 0.663. The Morgan fingerprint density at radius 3 is 2.62 bits per heavy atom. The van der Waals surface area contributed by atoms with Gasteiger partial charge in [0.2, 0.25) is 0 Å². The predicted molar refractivity (Wildman–Crippen MR) is 86.3 cm³/mol. The maximum absolute atomic E-state index is 5.50. The van der Waals surface area contributed by atoms with E-state index >= 15 is 0 Å². The fraction of sp³-hybridized carbons (Fsp3) is 0.667. The molecular formula is C18H28N2O. The molecule has 3 heteroatoms. The summed E-state index contributed by atoms with van der Waals surface area (Å²) in [6.07, 6.45) is 4.97. The summed E-state index contributed by atoms with van der Waals surface area (Å²) in [5.74, 6) is 0. The molecule has 21 heavy (non-hydrogen) atoms. The van der Waals surface area contributed by atoms with Gasteiger partial charge < -0.3 is 10.1 Å². The second-order valence-electron chi connectivity index (χ2n) is 6.52. The molecule has 1 aromatic carbocycles. The van der Waals surface area contributed by atoms with Gasteiger partial charge >= 0.3 is 0 Å². The SMILES string of the molecule is C[C@@H]1CC(NCc2ccccc2)CCN1C1CCOCC1. The number of rotatable bonds is 4. The molecule has 116 valence electrons. The first-order valence-corrected chi connectivity index (χ1v) is 8.44. The van der Waals surface area contributed by atoms with Crippen molar-refractivity contribution in [3.63, 3.8) is 0 Å².